The molecule has 3 nitrogen and oxygen atoms in total. The lowest BCUT2D eigenvalue weighted by molar-refractivity contribution is -0.140. The van der Waals surface area contributed by atoms with Crippen molar-refractivity contribution in [2.24, 2.45) is 5.92 Å². The molecule has 0 amide bonds. The van der Waals surface area contributed by atoms with Gasteiger partial charge in [0.2, 0.25) is 0 Å². The predicted molar refractivity (Wildman–Crippen MR) is 40.3 cm³/mol. The summed E-state index contributed by atoms with van der Waals surface area (Å²) in [7, 11) is 1.64. The van der Waals surface area contributed by atoms with Crippen LogP contribution >= 0.6 is 0 Å². The minimum Gasteiger partial charge on any atom is -0.481 e. The quantitative estimate of drug-likeness (QED) is 0.608. The number of rotatable bonds is 2. The summed E-state index contributed by atoms with van der Waals surface area (Å²) in [6.45, 7) is 0. The number of methoxy groups -OCH3 is 1. The van der Waals surface area contributed by atoms with Crippen LogP contribution in [0.1, 0.15) is 12.8 Å². The molecular weight excluding hydrogens is 144 g/mol. The van der Waals surface area contributed by atoms with Crippen molar-refractivity contribution in [2.45, 2.75) is 18.9 Å². The molecule has 1 aliphatic carbocycles. The van der Waals surface area contributed by atoms with E-state index in [1.165, 1.54) is 0 Å². The first-order valence-electron chi connectivity index (χ1n) is 3.68. The Morgan fingerprint density at radius 2 is 2.27 bits per heavy atom. The first kappa shape index (κ1) is 8.27. The van der Waals surface area contributed by atoms with Gasteiger partial charge in [0.25, 0.3) is 0 Å². The molecule has 0 aromatic rings. The highest BCUT2D eigenvalue weighted by molar-refractivity contribution is 5.72. The lowest BCUT2D eigenvalue weighted by atomic mass is 9.94. The molecule has 3 heteroatoms. The molecule has 1 N–H and O–H groups in total. The van der Waals surface area contributed by atoms with Crippen molar-refractivity contribution in [3.8, 4) is 0 Å². The zero-order chi connectivity index (χ0) is 8.27. The average Bonchev–Trinajstić information content (AvgIpc) is 2.05. The molecule has 62 valence electrons. The largest absolute Gasteiger partial charge is 0.481 e. The highest BCUT2D eigenvalue weighted by Crippen LogP contribution is 2.18. The maximum Gasteiger partial charge on any atom is 0.310 e. The van der Waals surface area contributed by atoms with Crippen LogP contribution < -0.4 is 0 Å². The monoisotopic (exact) mass is 156 g/mol. The van der Waals surface area contributed by atoms with Crippen LogP contribution in [0.3, 0.4) is 0 Å². The molecule has 0 heterocycles. The number of hydrogen-bond acceptors (Lipinski definition) is 2. The van der Waals surface area contributed by atoms with E-state index in [-0.39, 0.29) is 12.0 Å². The minimum atomic E-state index is -0.740. The van der Waals surface area contributed by atoms with E-state index in [2.05, 4.69) is 0 Å². The molecule has 0 spiro atoms. The normalized spacial score (nSPS) is 30.3. The molecule has 0 radical (unpaired) electrons. The molecule has 0 aromatic carbocycles. The van der Waals surface area contributed by atoms with Gasteiger partial charge >= 0.3 is 5.97 Å². The molecule has 2 atom stereocenters. The van der Waals surface area contributed by atoms with Crippen molar-refractivity contribution in [1.82, 2.24) is 0 Å². The van der Waals surface area contributed by atoms with Crippen LogP contribution in [0.15, 0.2) is 12.2 Å². The molecular formula is C8H12O3. The number of ether oxygens (including phenoxy) is 1. The van der Waals surface area contributed by atoms with Crippen LogP contribution in [0.2, 0.25) is 0 Å². The summed E-state index contributed by atoms with van der Waals surface area (Å²) in [5.41, 5.74) is 0. The standard InChI is InChI=1S/C8H12O3/c1-11-7-4-2-6(3-5-7)8(9)10/h2,4,6-7H,3,5H2,1H3,(H,9,10). The number of hydrogen-bond donors (Lipinski definition) is 1. The number of aliphatic carboxylic acids is 1. The van der Waals surface area contributed by atoms with E-state index in [4.69, 9.17) is 9.84 Å². The Hall–Kier alpha value is -0.830. The third-order valence-electron chi connectivity index (χ3n) is 1.94. The molecule has 0 saturated carbocycles. The molecule has 2 unspecified atom stereocenters. The van der Waals surface area contributed by atoms with Crippen molar-refractivity contribution < 1.29 is 14.6 Å². The number of carbonyl (C=O) groups is 1. The lowest BCUT2D eigenvalue weighted by Gasteiger charge is -2.18. The minimum absolute atomic E-state index is 0.116. The summed E-state index contributed by atoms with van der Waals surface area (Å²) in [6, 6.07) is 0. The third-order valence-corrected chi connectivity index (χ3v) is 1.94. The van der Waals surface area contributed by atoms with Gasteiger partial charge in [-0.05, 0) is 12.8 Å². The Bertz CT molecular complexity index is 174. The Morgan fingerprint density at radius 1 is 1.55 bits per heavy atom. The predicted octanol–water partition coefficient (Wildman–Crippen LogP) is 1.05. The summed E-state index contributed by atoms with van der Waals surface area (Å²) in [5, 5.41) is 8.61. The third kappa shape index (κ3) is 2.05. The van der Waals surface area contributed by atoms with Gasteiger partial charge in [-0.2, -0.15) is 0 Å². The van der Waals surface area contributed by atoms with E-state index < -0.39 is 5.97 Å². The fraction of sp³-hybridized carbons (Fsp3) is 0.625. The number of carboxylic acid groups (broad SMARTS) is 1. The summed E-state index contributed by atoms with van der Waals surface area (Å²) < 4.78 is 5.04. The van der Waals surface area contributed by atoms with E-state index in [1.807, 2.05) is 6.08 Å². The SMILES string of the molecule is COC1C=CC(C(=O)O)CC1. The molecule has 0 saturated heterocycles. The first-order chi connectivity index (χ1) is 5.24. The van der Waals surface area contributed by atoms with E-state index in [0.29, 0.717) is 6.42 Å². The Morgan fingerprint density at radius 3 is 2.64 bits per heavy atom. The van der Waals surface area contributed by atoms with E-state index >= 15 is 0 Å². The van der Waals surface area contributed by atoms with Gasteiger partial charge in [0.05, 0.1) is 12.0 Å². The second-order valence-corrected chi connectivity index (χ2v) is 2.68. The average molecular weight is 156 g/mol. The van der Waals surface area contributed by atoms with Gasteiger partial charge in [-0.1, -0.05) is 12.2 Å². The van der Waals surface area contributed by atoms with Crippen LogP contribution in [0.4, 0.5) is 0 Å². The van der Waals surface area contributed by atoms with Gasteiger partial charge in [0, 0.05) is 7.11 Å². The molecule has 1 aliphatic rings. The van der Waals surface area contributed by atoms with E-state index in [1.54, 1.807) is 13.2 Å². The van der Waals surface area contributed by atoms with E-state index in [9.17, 15) is 4.79 Å². The maximum atomic E-state index is 10.5. The first-order valence-corrected chi connectivity index (χ1v) is 3.68. The van der Waals surface area contributed by atoms with Crippen molar-refractivity contribution >= 4 is 5.97 Å². The molecule has 11 heavy (non-hydrogen) atoms. The van der Waals surface area contributed by atoms with Gasteiger partial charge in [0.1, 0.15) is 0 Å². The lowest BCUT2D eigenvalue weighted by Crippen LogP contribution is -2.20. The molecule has 0 bridgehead atoms. The molecule has 0 fully saturated rings. The highest BCUT2D eigenvalue weighted by Gasteiger charge is 2.20. The van der Waals surface area contributed by atoms with Gasteiger partial charge in [-0.25, -0.2) is 0 Å². The summed E-state index contributed by atoms with van der Waals surface area (Å²) >= 11 is 0. The summed E-state index contributed by atoms with van der Waals surface area (Å²) in [4.78, 5) is 10.5. The second kappa shape index (κ2) is 3.53. The van der Waals surface area contributed by atoms with Gasteiger partial charge in [0.15, 0.2) is 0 Å². The van der Waals surface area contributed by atoms with Crippen molar-refractivity contribution in [3.63, 3.8) is 0 Å². The summed E-state index contributed by atoms with van der Waals surface area (Å²) in [6.07, 6.45) is 5.14. The van der Waals surface area contributed by atoms with Crippen LogP contribution in [0, 0.1) is 5.92 Å². The zero-order valence-corrected chi connectivity index (χ0v) is 6.49. The van der Waals surface area contributed by atoms with E-state index in [0.717, 1.165) is 6.42 Å². The Balaban J connectivity index is 2.49. The molecule has 1 rings (SSSR count). The fourth-order valence-corrected chi connectivity index (χ4v) is 1.20. The Kier molecular flexibility index (Phi) is 2.65. The van der Waals surface area contributed by atoms with Crippen molar-refractivity contribution in [3.05, 3.63) is 12.2 Å². The van der Waals surface area contributed by atoms with Crippen molar-refractivity contribution in [2.75, 3.05) is 7.11 Å². The van der Waals surface area contributed by atoms with Crippen LogP contribution in [-0.4, -0.2) is 24.3 Å². The van der Waals surface area contributed by atoms with Gasteiger partial charge in [-0.3, -0.25) is 4.79 Å². The van der Waals surface area contributed by atoms with Crippen LogP contribution in [-0.2, 0) is 9.53 Å². The maximum absolute atomic E-state index is 10.5. The van der Waals surface area contributed by atoms with Crippen molar-refractivity contribution in [1.29, 1.82) is 0 Å². The number of carboxylic acids is 1. The fourth-order valence-electron chi connectivity index (χ4n) is 1.20. The second-order valence-electron chi connectivity index (χ2n) is 2.68. The highest BCUT2D eigenvalue weighted by atomic mass is 16.5. The molecule has 0 aromatic heterocycles. The molecule has 0 aliphatic heterocycles. The van der Waals surface area contributed by atoms with Gasteiger partial charge < -0.3 is 9.84 Å². The van der Waals surface area contributed by atoms with Crippen LogP contribution in [0.5, 0.6) is 0 Å². The topological polar surface area (TPSA) is 46.5 Å². The Labute approximate surface area is 65.7 Å². The van der Waals surface area contributed by atoms with Crippen LogP contribution in [0.25, 0.3) is 0 Å². The zero-order valence-electron chi connectivity index (χ0n) is 6.49. The van der Waals surface area contributed by atoms with Gasteiger partial charge in [-0.15, -0.1) is 0 Å². The summed E-state index contributed by atoms with van der Waals surface area (Å²) in [5.74, 6) is -1.04. The smallest absolute Gasteiger partial charge is 0.310 e.